The summed E-state index contributed by atoms with van der Waals surface area (Å²) in [5.41, 5.74) is 12.1. The van der Waals surface area contributed by atoms with Crippen LogP contribution in [0, 0.1) is 5.92 Å². The van der Waals surface area contributed by atoms with Crippen LogP contribution in [0.1, 0.15) is 29.8 Å². The molecule has 0 unspecified atom stereocenters. The molecule has 1 aromatic rings. The van der Waals surface area contributed by atoms with E-state index >= 15 is 0 Å². The van der Waals surface area contributed by atoms with E-state index < -0.39 is 5.91 Å². The molecule has 1 rings (SSSR count). The van der Waals surface area contributed by atoms with E-state index in [-0.39, 0.29) is 36.4 Å². The second-order valence-corrected chi connectivity index (χ2v) is 5.32. The first-order chi connectivity index (χ1) is 10.4. The van der Waals surface area contributed by atoms with E-state index in [0.29, 0.717) is 24.0 Å². The summed E-state index contributed by atoms with van der Waals surface area (Å²) < 4.78 is 0. The van der Waals surface area contributed by atoms with Gasteiger partial charge in [-0.1, -0.05) is 26.0 Å². The number of nitrogens with zero attached hydrogens (tertiary/aromatic N) is 1. The number of halogens is 1. The van der Waals surface area contributed by atoms with Gasteiger partial charge in [-0.15, -0.1) is 24.0 Å². The maximum Gasteiger partial charge on any atom is 0.251 e. The van der Waals surface area contributed by atoms with Crippen molar-refractivity contribution in [3.63, 3.8) is 0 Å². The number of rotatable bonds is 7. The quantitative estimate of drug-likeness (QED) is 0.285. The molecule has 0 aliphatic heterocycles. The van der Waals surface area contributed by atoms with Gasteiger partial charge in [-0.3, -0.25) is 9.59 Å². The molecule has 0 saturated heterocycles. The number of benzene rings is 1. The monoisotopic (exact) mass is 433 g/mol. The Morgan fingerprint density at radius 2 is 1.74 bits per heavy atom. The van der Waals surface area contributed by atoms with Gasteiger partial charge in [-0.05, 0) is 23.6 Å². The molecule has 2 amide bonds. The first-order valence-corrected chi connectivity index (χ1v) is 7.07. The van der Waals surface area contributed by atoms with Gasteiger partial charge in [0.1, 0.15) is 0 Å². The van der Waals surface area contributed by atoms with Gasteiger partial charge in [-0.2, -0.15) is 0 Å². The first kappa shape index (κ1) is 21.2. The molecule has 6 N–H and O–H groups in total. The third-order valence-corrected chi connectivity index (χ3v) is 2.76. The van der Waals surface area contributed by atoms with Crippen LogP contribution in [-0.4, -0.2) is 30.9 Å². The van der Waals surface area contributed by atoms with Crippen molar-refractivity contribution in [3.8, 4) is 0 Å². The van der Waals surface area contributed by atoms with Crippen molar-refractivity contribution in [3.05, 3.63) is 35.4 Å². The van der Waals surface area contributed by atoms with E-state index in [1.165, 1.54) is 0 Å². The van der Waals surface area contributed by atoms with Crippen LogP contribution < -0.4 is 22.1 Å². The lowest BCUT2D eigenvalue weighted by Crippen LogP contribution is -2.34. The van der Waals surface area contributed by atoms with Crippen LogP contribution in [0.25, 0.3) is 0 Å². The average molecular weight is 433 g/mol. The number of nitrogens with one attached hydrogen (secondary N) is 2. The minimum atomic E-state index is -0.580. The van der Waals surface area contributed by atoms with E-state index in [9.17, 15) is 9.59 Å². The predicted molar refractivity (Wildman–Crippen MR) is 102 cm³/mol. The average Bonchev–Trinajstić information content (AvgIpc) is 2.49. The van der Waals surface area contributed by atoms with Crippen LogP contribution in [0.15, 0.2) is 29.3 Å². The van der Waals surface area contributed by atoms with Crippen LogP contribution in [0.2, 0.25) is 0 Å². The predicted octanol–water partition coefficient (Wildman–Crippen LogP) is 0.580. The standard InChI is InChI=1S/C15H23N5O2.HI/c1-10(2)7-19-15(17)20-8-11-3-5-12(6-4-11)14(22)18-9-13(16)21;/h3-6,10H,7-9H2,1-2H3,(H2,16,21)(H,18,22)(H3,17,19,20);1H. The zero-order valence-corrected chi connectivity index (χ0v) is 15.7. The molecule has 0 spiro atoms. The topological polar surface area (TPSA) is 123 Å². The largest absolute Gasteiger partial charge is 0.370 e. The summed E-state index contributed by atoms with van der Waals surface area (Å²) in [7, 11) is 0. The lowest BCUT2D eigenvalue weighted by Gasteiger charge is -2.08. The second kappa shape index (κ2) is 10.8. The van der Waals surface area contributed by atoms with Gasteiger partial charge >= 0.3 is 0 Å². The Labute approximate surface area is 153 Å². The highest BCUT2D eigenvalue weighted by Gasteiger charge is 2.06. The van der Waals surface area contributed by atoms with Gasteiger partial charge in [0, 0.05) is 12.1 Å². The molecule has 0 atom stereocenters. The molecule has 8 heteroatoms. The minimum Gasteiger partial charge on any atom is -0.370 e. The molecule has 0 aliphatic carbocycles. The summed E-state index contributed by atoms with van der Waals surface area (Å²) in [5, 5.41) is 5.45. The van der Waals surface area contributed by atoms with Crippen LogP contribution in [0.3, 0.4) is 0 Å². The van der Waals surface area contributed by atoms with Crippen molar-refractivity contribution < 1.29 is 9.59 Å². The molecule has 0 heterocycles. The Hall–Kier alpha value is -1.84. The molecule has 7 nitrogen and oxygen atoms in total. The van der Waals surface area contributed by atoms with Crippen LogP contribution in [0.4, 0.5) is 0 Å². The molecule has 0 saturated carbocycles. The third-order valence-electron chi connectivity index (χ3n) is 2.76. The maximum atomic E-state index is 11.7. The highest BCUT2D eigenvalue weighted by molar-refractivity contribution is 14.0. The number of amides is 2. The number of primary amides is 1. The van der Waals surface area contributed by atoms with E-state index in [1.807, 2.05) is 0 Å². The number of carbonyl (C=O) groups is 2. The summed E-state index contributed by atoms with van der Waals surface area (Å²) in [4.78, 5) is 26.5. The van der Waals surface area contributed by atoms with Crippen LogP contribution >= 0.6 is 24.0 Å². The zero-order chi connectivity index (χ0) is 16.5. The highest BCUT2D eigenvalue weighted by Crippen LogP contribution is 2.05. The van der Waals surface area contributed by atoms with Crippen LogP contribution in [-0.2, 0) is 11.3 Å². The Bertz CT molecular complexity index is 543. The molecule has 0 bridgehead atoms. The van der Waals surface area contributed by atoms with Crippen molar-refractivity contribution >= 4 is 41.8 Å². The van der Waals surface area contributed by atoms with E-state index in [1.54, 1.807) is 24.3 Å². The number of aliphatic imine (C=N–C) groups is 1. The molecule has 0 aliphatic rings. The molecule has 128 valence electrons. The lowest BCUT2D eigenvalue weighted by molar-refractivity contribution is -0.117. The molecular weight excluding hydrogens is 409 g/mol. The number of carbonyl (C=O) groups excluding carboxylic acids is 2. The molecular formula is C15H24IN5O2. The number of nitrogens with two attached hydrogens (primary N) is 2. The van der Waals surface area contributed by atoms with Crippen molar-refractivity contribution in [2.24, 2.45) is 22.4 Å². The van der Waals surface area contributed by atoms with Crippen molar-refractivity contribution in [2.75, 3.05) is 13.1 Å². The fourth-order valence-electron chi connectivity index (χ4n) is 1.57. The first-order valence-electron chi connectivity index (χ1n) is 7.07. The summed E-state index contributed by atoms with van der Waals surface area (Å²) >= 11 is 0. The van der Waals surface area contributed by atoms with E-state index in [4.69, 9.17) is 11.5 Å². The Kier molecular flexibility index (Phi) is 9.95. The van der Waals surface area contributed by atoms with Gasteiger partial charge in [0.25, 0.3) is 5.91 Å². The minimum absolute atomic E-state index is 0. The number of hydrogen-bond donors (Lipinski definition) is 4. The molecule has 0 fully saturated rings. The fraction of sp³-hybridized carbons (Fsp3) is 0.400. The van der Waals surface area contributed by atoms with Crippen LogP contribution in [0.5, 0.6) is 0 Å². The second-order valence-electron chi connectivity index (χ2n) is 5.32. The smallest absolute Gasteiger partial charge is 0.251 e. The molecule has 1 aromatic carbocycles. The number of hydrogen-bond acceptors (Lipinski definition) is 3. The Morgan fingerprint density at radius 1 is 1.13 bits per heavy atom. The summed E-state index contributed by atoms with van der Waals surface area (Å²) in [6, 6.07) is 6.91. The molecule has 23 heavy (non-hydrogen) atoms. The van der Waals surface area contributed by atoms with E-state index in [0.717, 1.165) is 12.1 Å². The summed E-state index contributed by atoms with van der Waals surface area (Å²) in [6.07, 6.45) is 0. The number of guanidine groups is 1. The van der Waals surface area contributed by atoms with Gasteiger partial charge < -0.3 is 22.1 Å². The zero-order valence-electron chi connectivity index (χ0n) is 13.3. The lowest BCUT2D eigenvalue weighted by atomic mass is 10.1. The van der Waals surface area contributed by atoms with Gasteiger partial charge in [-0.25, -0.2) is 4.99 Å². The molecule has 0 aromatic heterocycles. The fourth-order valence-corrected chi connectivity index (χ4v) is 1.57. The Balaban J connectivity index is 0.00000484. The van der Waals surface area contributed by atoms with Crippen molar-refractivity contribution in [1.82, 2.24) is 10.6 Å². The molecule has 0 radical (unpaired) electrons. The van der Waals surface area contributed by atoms with Gasteiger partial charge in [0.2, 0.25) is 5.91 Å². The van der Waals surface area contributed by atoms with E-state index in [2.05, 4.69) is 29.5 Å². The van der Waals surface area contributed by atoms with Crippen molar-refractivity contribution in [1.29, 1.82) is 0 Å². The van der Waals surface area contributed by atoms with Crippen molar-refractivity contribution in [2.45, 2.75) is 20.4 Å². The SMILES string of the molecule is CC(C)CNC(N)=NCc1ccc(C(=O)NCC(N)=O)cc1.I. The van der Waals surface area contributed by atoms with Gasteiger partial charge in [0.05, 0.1) is 13.1 Å². The summed E-state index contributed by atoms with van der Waals surface area (Å²) in [5.74, 6) is -0.0282. The maximum absolute atomic E-state index is 11.7. The third kappa shape index (κ3) is 9.01. The normalized spacial score (nSPS) is 10.8. The Morgan fingerprint density at radius 3 is 2.26 bits per heavy atom. The summed E-state index contributed by atoms with van der Waals surface area (Å²) in [6.45, 7) is 5.20. The highest BCUT2D eigenvalue weighted by atomic mass is 127. The van der Waals surface area contributed by atoms with Gasteiger partial charge in [0.15, 0.2) is 5.96 Å².